The van der Waals surface area contributed by atoms with Crippen molar-refractivity contribution in [1.82, 2.24) is 5.16 Å². The Kier molecular flexibility index (Phi) is 4.75. The Labute approximate surface area is 123 Å². The average Bonchev–Trinajstić information content (AvgIpc) is 2.84. The van der Waals surface area contributed by atoms with E-state index < -0.39 is 0 Å². The van der Waals surface area contributed by atoms with E-state index in [1.807, 2.05) is 19.1 Å². The van der Waals surface area contributed by atoms with Crippen LogP contribution in [0, 0.1) is 25.7 Å². The number of aryl methyl sites for hydroxylation is 2. The van der Waals surface area contributed by atoms with Crippen LogP contribution in [0.5, 0.6) is 0 Å². The molecule has 2 rings (SSSR count). The summed E-state index contributed by atoms with van der Waals surface area (Å²) in [4.78, 5) is 12.3. The molecule has 0 saturated carbocycles. The Morgan fingerprint density at radius 2 is 2.19 bits per heavy atom. The van der Waals surface area contributed by atoms with Gasteiger partial charge in [-0.3, -0.25) is 4.79 Å². The molecular formula is C16H16N2O3. The lowest BCUT2D eigenvalue weighted by Crippen LogP contribution is -2.13. The summed E-state index contributed by atoms with van der Waals surface area (Å²) in [6, 6.07) is 7.05. The summed E-state index contributed by atoms with van der Waals surface area (Å²) in [6.07, 6.45) is 0.373. The van der Waals surface area contributed by atoms with Gasteiger partial charge in [-0.05, 0) is 31.5 Å². The van der Waals surface area contributed by atoms with E-state index in [1.54, 1.807) is 19.1 Å². The number of hydrogen-bond donors (Lipinski definition) is 2. The molecular weight excluding hydrogens is 268 g/mol. The van der Waals surface area contributed by atoms with Crippen molar-refractivity contribution in [3.63, 3.8) is 0 Å². The van der Waals surface area contributed by atoms with E-state index in [-0.39, 0.29) is 12.5 Å². The monoisotopic (exact) mass is 284 g/mol. The fourth-order valence-corrected chi connectivity index (χ4v) is 1.78. The molecule has 0 unspecified atom stereocenters. The predicted molar refractivity (Wildman–Crippen MR) is 79.0 cm³/mol. The molecule has 0 spiro atoms. The van der Waals surface area contributed by atoms with Crippen molar-refractivity contribution in [1.29, 1.82) is 0 Å². The van der Waals surface area contributed by atoms with Crippen molar-refractivity contribution >= 4 is 11.7 Å². The maximum absolute atomic E-state index is 12.3. The van der Waals surface area contributed by atoms with Gasteiger partial charge >= 0.3 is 0 Å². The molecule has 0 radical (unpaired) electrons. The lowest BCUT2D eigenvalue weighted by Gasteiger charge is -2.05. The molecule has 1 aromatic carbocycles. The minimum absolute atomic E-state index is 0.00143. The minimum Gasteiger partial charge on any atom is -0.395 e. The van der Waals surface area contributed by atoms with Crippen LogP contribution >= 0.6 is 0 Å². The minimum atomic E-state index is -0.295. The zero-order valence-corrected chi connectivity index (χ0v) is 11.9. The lowest BCUT2D eigenvalue weighted by atomic mass is 10.0. The van der Waals surface area contributed by atoms with Crippen molar-refractivity contribution in [3.8, 4) is 11.8 Å². The maximum atomic E-state index is 12.3. The third-order valence-electron chi connectivity index (χ3n) is 2.75. The van der Waals surface area contributed by atoms with Gasteiger partial charge in [-0.25, -0.2) is 0 Å². The predicted octanol–water partition coefficient (Wildman–Crippen LogP) is 2.28. The number of aromatic nitrogens is 1. The summed E-state index contributed by atoms with van der Waals surface area (Å²) in [5, 5.41) is 15.2. The second-order valence-electron chi connectivity index (χ2n) is 4.60. The number of carbonyl (C=O) groups excluding carboxylic acids is 1. The highest BCUT2D eigenvalue weighted by atomic mass is 16.5. The number of rotatable bonds is 3. The first kappa shape index (κ1) is 14.8. The summed E-state index contributed by atoms with van der Waals surface area (Å²) >= 11 is 0. The molecule has 1 heterocycles. The maximum Gasteiger partial charge on any atom is 0.258 e. The van der Waals surface area contributed by atoms with Crippen LogP contribution in [0.4, 0.5) is 5.82 Å². The number of amides is 1. The molecule has 0 aliphatic rings. The molecule has 0 aliphatic heterocycles. The number of aliphatic hydroxyl groups excluding tert-OH is 1. The third kappa shape index (κ3) is 3.94. The zero-order chi connectivity index (χ0) is 15.2. The van der Waals surface area contributed by atoms with E-state index >= 15 is 0 Å². The van der Waals surface area contributed by atoms with Gasteiger partial charge in [0.15, 0.2) is 5.82 Å². The molecule has 0 saturated heterocycles. The van der Waals surface area contributed by atoms with E-state index in [0.717, 1.165) is 5.56 Å². The normalized spacial score (nSPS) is 9.86. The Bertz CT molecular complexity index is 708. The van der Waals surface area contributed by atoms with Crippen molar-refractivity contribution in [2.24, 2.45) is 0 Å². The molecule has 5 nitrogen and oxygen atoms in total. The molecule has 0 bridgehead atoms. The number of nitrogens with one attached hydrogen (secondary N) is 1. The quantitative estimate of drug-likeness (QED) is 0.848. The van der Waals surface area contributed by atoms with Gasteiger partial charge in [0, 0.05) is 18.1 Å². The fraction of sp³-hybridized carbons (Fsp3) is 0.250. The number of aliphatic hydroxyl groups is 1. The first-order chi connectivity index (χ1) is 10.1. The van der Waals surface area contributed by atoms with Crippen LogP contribution < -0.4 is 5.32 Å². The van der Waals surface area contributed by atoms with E-state index in [4.69, 9.17) is 9.63 Å². The molecule has 0 aliphatic carbocycles. The number of carbonyl (C=O) groups is 1. The van der Waals surface area contributed by atoms with E-state index in [9.17, 15) is 4.79 Å². The van der Waals surface area contributed by atoms with Crippen LogP contribution in [0.1, 0.15) is 33.7 Å². The molecule has 2 aromatic rings. The highest BCUT2D eigenvalue weighted by Gasteiger charge is 2.12. The molecule has 0 atom stereocenters. The second kappa shape index (κ2) is 6.73. The Hall–Kier alpha value is -2.58. The molecule has 1 aromatic heterocycles. The van der Waals surface area contributed by atoms with Crippen molar-refractivity contribution in [3.05, 3.63) is 46.7 Å². The highest BCUT2D eigenvalue weighted by Crippen LogP contribution is 2.14. The summed E-state index contributed by atoms with van der Waals surface area (Å²) in [5.41, 5.74) is 2.10. The third-order valence-corrected chi connectivity index (χ3v) is 2.75. The Morgan fingerprint density at radius 3 is 2.86 bits per heavy atom. The van der Waals surface area contributed by atoms with Gasteiger partial charge in [0.2, 0.25) is 0 Å². The van der Waals surface area contributed by atoms with Crippen LogP contribution in [-0.2, 0) is 0 Å². The number of anilines is 1. The molecule has 0 fully saturated rings. The molecule has 108 valence electrons. The van der Waals surface area contributed by atoms with Crippen LogP contribution in [0.25, 0.3) is 0 Å². The standard InChI is InChI=1S/C16H16N2O3/c1-11-6-7-14(13(9-11)5-3-4-8-19)16(20)17-15-10-12(2)21-18-15/h6-7,9-10,19H,4,8H2,1-2H3,(H,17,18,20). The second-order valence-corrected chi connectivity index (χ2v) is 4.60. The first-order valence-corrected chi connectivity index (χ1v) is 6.55. The Balaban J connectivity index is 2.26. The van der Waals surface area contributed by atoms with Crippen molar-refractivity contribution < 1.29 is 14.4 Å². The van der Waals surface area contributed by atoms with Gasteiger partial charge in [0.05, 0.1) is 12.2 Å². The van der Waals surface area contributed by atoms with Crippen LogP contribution in [-0.4, -0.2) is 22.8 Å². The molecule has 2 N–H and O–H groups in total. The lowest BCUT2D eigenvalue weighted by molar-refractivity contribution is 0.102. The zero-order valence-electron chi connectivity index (χ0n) is 11.9. The molecule has 21 heavy (non-hydrogen) atoms. The van der Waals surface area contributed by atoms with Gasteiger partial charge < -0.3 is 14.9 Å². The molecule has 5 heteroatoms. The van der Waals surface area contributed by atoms with Crippen LogP contribution in [0.15, 0.2) is 28.8 Å². The number of nitrogens with zero attached hydrogens (tertiary/aromatic N) is 1. The topological polar surface area (TPSA) is 75.4 Å². The van der Waals surface area contributed by atoms with Gasteiger partial charge in [-0.15, -0.1) is 0 Å². The van der Waals surface area contributed by atoms with Crippen LogP contribution in [0.3, 0.4) is 0 Å². The smallest absolute Gasteiger partial charge is 0.258 e. The van der Waals surface area contributed by atoms with Crippen molar-refractivity contribution in [2.75, 3.05) is 11.9 Å². The fourth-order valence-electron chi connectivity index (χ4n) is 1.78. The summed E-state index contributed by atoms with van der Waals surface area (Å²) in [6.45, 7) is 3.68. The van der Waals surface area contributed by atoms with E-state index in [2.05, 4.69) is 22.3 Å². The SMILES string of the molecule is Cc1ccc(C(=O)Nc2cc(C)on2)c(C#CCCO)c1. The van der Waals surface area contributed by atoms with Gasteiger partial charge in [-0.1, -0.05) is 23.1 Å². The summed E-state index contributed by atoms with van der Waals surface area (Å²) in [5.74, 6) is 6.44. The van der Waals surface area contributed by atoms with Gasteiger partial charge in [0.25, 0.3) is 5.91 Å². The van der Waals surface area contributed by atoms with E-state index in [1.165, 1.54) is 0 Å². The largest absolute Gasteiger partial charge is 0.395 e. The highest BCUT2D eigenvalue weighted by molar-refractivity contribution is 6.05. The van der Waals surface area contributed by atoms with Crippen LogP contribution in [0.2, 0.25) is 0 Å². The van der Waals surface area contributed by atoms with Gasteiger partial charge in [0.1, 0.15) is 5.76 Å². The first-order valence-electron chi connectivity index (χ1n) is 6.55. The number of benzene rings is 1. The summed E-state index contributed by atoms with van der Waals surface area (Å²) in [7, 11) is 0. The average molecular weight is 284 g/mol. The summed E-state index contributed by atoms with van der Waals surface area (Å²) < 4.78 is 4.91. The number of hydrogen-bond acceptors (Lipinski definition) is 4. The van der Waals surface area contributed by atoms with E-state index in [0.29, 0.717) is 29.1 Å². The van der Waals surface area contributed by atoms with Crippen molar-refractivity contribution in [2.45, 2.75) is 20.3 Å². The van der Waals surface area contributed by atoms with Gasteiger partial charge in [-0.2, -0.15) is 0 Å². The molecule has 1 amide bonds. The Morgan fingerprint density at radius 1 is 1.38 bits per heavy atom.